The molecule has 0 radical (unpaired) electrons. The Kier molecular flexibility index (Phi) is 3.52. The smallest absolute Gasteiger partial charge is 0.196 e. The molecule has 0 saturated carbocycles. The van der Waals surface area contributed by atoms with Gasteiger partial charge in [-0.15, -0.1) is 0 Å². The van der Waals surface area contributed by atoms with E-state index in [0.29, 0.717) is 27.4 Å². The average molecular weight is 356 g/mol. The SMILES string of the molecule is O=C(c1ccc(Br)c(F)c1)c1cc(Cl)cc2c1OCC2. The molecule has 1 aliphatic rings. The number of hydrogen-bond acceptors (Lipinski definition) is 2. The first-order valence-corrected chi connectivity index (χ1v) is 7.18. The van der Waals surface area contributed by atoms with Crippen molar-refractivity contribution in [3.8, 4) is 5.75 Å². The Morgan fingerprint density at radius 3 is 2.85 bits per heavy atom. The van der Waals surface area contributed by atoms with Gasteiger partial charge in [-0.1, -0.05) is 11.6 Å². The summed E-state index contributed by atoms with van der Waals surface area (Å²) in [5.74, 6) is -0.213. The predicted octanol–water partition coefficient (Wildman–Crippen LogP) is 4.41. The van der Waals surface area contributed by atoms with Crippen molar-refractivity contribution in [2.45, 2.75) is 6.42 Å². The van der Waals surface area contributed by atoms with Crippen molar-refractivity contribution in [3.63, 3.8) is 0 Å². The molecule has 0 spiro atoms. The van der Waals surface area contributed by atoms with E-state index in [4.69, 9.17) is 16.3 Å². The lowest BCUT2D eigenvalue weighted by molar-refractivity contribution is 0.103. The normalized spacial score (nSPS) is 12.9. The molecule has 0 fully saturated rings. The van der Waals surface area contributed by atoms with Crippen molar-refractivity contribution >= 4 is 33.3 Å². The second-order valence-corrected chi connectivity index (χ2v) is 5.79. The molecule has 0 N–H and O–H groups in total. The van der Waals surface area contributed by atoms with Crippen molar-refractivity contribution < 1.29 is 13.9 Å². The third-order valence-electron chi connectivity index (χ3n) is 3.17. The maximum Gasteiger partial charge on any atom is 0.196 e. The second-order valence-electron chi connectivity index (χ2n) is 4.50. The van der Waals surface area contributed by atoms with Gasteiger partial charge >= 0.3 is 0 Å². The summed E-state index contributed by atoms with van der Waals surface area (Å²) in [6.45, 7) is 0.532. The molecule has 2 nitrogen and oxygen atoms in total. The fourth-order valence-electron chi connectivity index (χ4n) is 2.23. The van der Waals surface area contributed by atoms with Crippen molar-refractivity contribution in [3.05, 3.63) is 62.3 Å². The Labute approximate surface area is 128 Å². The second kappa shape index (κ2) is 5.19. The molecule has 5 heteroatoms. The van der Waals surface area contributed by atoms with Gasteiger partial charge in [0.1, 0.15) is 11.6 Å². The molecule has 0 aromatic heterocycles. The van der Waals surface area contributed by atoms with Crippen molar-refractivity contribution in [2.75, 3.05) is 6.61 Å². The summed E-state index contributed by atoms with van der Waals surface area (Å²) in [6, 6.07) is 7.64. The number of ether oxygens (including phenoxy) is 1. The minimum Gasteiger partial charge on any atom is -0.492 e. The van der Waals surface area contributed by atoms with Crippen LogP contribution in [0.2, 0.25) is 5.02 Å². The Morgan fingerprint density at radius 1 is 1.30 bits per heavy atom. The molecular formula is C15H9BrClFO2. The standard InChI is InChI=1S/C15H9BrClFO2/c16-12-2-1-8(6-13(12)18)14(19)11-7-10(17)5-9-3-4-20-15(9)11/h1-2,5-7H,3-4H2. The van der Waals surface area contributed by atoms with Crippen LogP contribution in [0.4, 0.5) is 4.39 Å². The highest BCUT2D eigenvalue weighted by atomic mass is 79.9. The zero-order valence-electron chi connectivity index (χ0n) is 10.3. The zero-order chi connectivity index (χ0) is 14.3. The summed E-state index contributed by atoms with van der Waals surface area (Å²) >= 11 is 9.09. The molecule has 1 heterocycles. The molecule has 0 atom stereocenters. The van der Waals surface area contributed by atoms with Crippen molar-refractivity contribution in [2.24, 2.45) is 0 Å². The molecular weight excluding hydrogens is 347 g/mol. The zero-order valence-corrected chi connectivity index (χ0v) is 12.6. The summed E-state index contributed by atoms with van der Waals surface area (Å²) in [7, 11) is 0. The first-order valence-electron chi connectivity index (χ1n) is 6.01. The molecule has 1 aliphatic heterocycles. The van der Waals surface area contributed by atoms with E-state index in [1.54, 1.807) is 18.2 Å². The van der Waals surface area contributed by atoms with Gasteiger partial charge in [-0.2, -0.15) is 0 Å². The molecule has 0 saturated heterocycles. The Hall–Kier alpha value is -1.39. The topological polar surface area (TPSA) is 26.3 Å². The largest absolute Gasteiger partial charge is 0.492 e. The van der Waals surface area contributed by atoms with Gasteiger partial charge in [0, 0.05) is 17.0 Å². The molecule has 0 unspecified atom stereocenters. The van der Waals surface area contributed by atoms with Gasteiger partial charge in [-0.05, 0) is 51.8 Å². The lowest BCUT2D eigenvalue weighted by Gasteiger charge is -2.08. The Bertz CT molecular complexity index is 715. The number of hydrogen-bond donors (Lipinski definition) is 0. The number of ketones is 1. The minimum atomic E-state index is -0.476. The van der Waals surface area contributed by atoms with Crippen LogP contribution >= 0.6 is 27.5 Å². The summed E-state index contributed by atoms with van der Waals surface area (Å²) < 4.78 is 19.4. The lowest BCUT2D eigenvalue weighted by atomic mass is 9.99. The molecule has 0 aliphatic carbocycles. The number of fused-ring (bicyclic) bond motifs is 1. The van der Waals surface area contributed by atoms with E-state index in [-0.39, 0.29) is 11.3 Å². The van der Waals surface area contributed by atoms with Crippen LogP contribution in [0.3, 0.4) is 0 Å². The van der Waals surface area contributed by atoms with E-state index < -0.39 is 5.82 Å². The number of carbonyl (C=O) groups excluding carboxylic acids is 1. The van der Waals surface area contributed by atoms with Crippen LogP contribution in [0, 0.1) is 5.82 Å². The Morgan fingerprint density at radius 2 is 2.10 bits per heavy atom. The third-order valence-corrected chi connectivity index (χ3v) is 4.04. The Balaban J connectivity index is 2.09. The van der Waals surface area contributed by atoms with Gasteiger partial charge in [-0.25, -0.2) is 4.39 Å². The molecule has 3 rings (SSSR count). The summed E-state index contributed by atoms with van der Waals surface area (Å²) in [5, 5.41) is 0.482. The molecule has 2 aromatic rings. The predicted molar refractivity (Wildman–Crippen MR) is 78.2 cm³/mol. The average Bonchev–Trinajstić information content (AvgIpc) is 2.88. The summed E-state index contributed by atoms with van der Waals surface area (Å²) in [4.78, 5) is 12.5. The van der Waals surface area contributed by atoms with Crippen LogP contribution in [0.25, 0.3) is 0 Å². The van der Waals surface area contributed by atoms with Crippen LogP contribution in [0.15, 0.2) is 34.8 Å². The third kappa shape index (κ3) is 2.34. The summed E-state index contributed by atoms with van der Waals surface area (Å²) in [6.07, 6.45) is 0.727. The molecule has 2 aromatic carbocycles. The van der Waals surface area contributed by atoms with Crippen molar-refractivity contribution in [1.29, 1.82) is 0 Å². The maximum absolute atomic E-state index is 13.6. The fraction of sp³-hybridized carbons (Fsp3) is 0.133. The van der Waals surface area contributed by atoms with Crippen LogP contribution in [0.5, 0.6) is 5.75 Å². The van der Waals surface area contributed by atoms with E-state index in [1.807, 2.05) is 0 Å². The number of halogens is 3. The van der Waals surface area contributed by atoms with Gasteiger partial charge in [0.2, 0.25) is 0 Å². The number of benzene rings is 2. The van der Waals surface area contributed by atoms with Gasteiger partial charge in [0.25, 0.3) is 0 Å². The maximum atomic E-state index is 13.6. The highest BCUT2D eigenvalue weighted by molar-refractivity contribution is 9.10. The van der Waals surface area contributed by atoms with Crippen LogP contribution < -0.4 is 4.74 Å². The summed E-state index contributed by atoms with van der Waals surface area (Å²) in [5.41, 5.74) is 1.57. The van der Waals surface area contributed by atoms with E-state index in [1.165, 1.54) is 12.1 Å². The molecule has 20 heavy (non-hydrogen) atoms. The quantitative estimate of drug-likeness (QED) is 0.746. The monoisotopic (exact) mass is 354 g/mol. The molecule has 0 amide bonds. The first-order chi connectivity index (χ1) is 9.56. The number of carbonyl (C=O) groups is 1. The number of rotatable bonds is 2. The van der Waals surface area contributed by atoms with E-state index >= 15 is 0 Å². The highest BCUT2D eigenvalue weighted by Crippen LogP contribution is 2.34. The van der Waals surface area contributed by atoms with E-state index in [9.17, 15) is 9.18 Å². The highest BCUT2D eigenvalue weighted by Gasteiger charge is 2.23. The van der Waals surface area contributed by atoms with Gasteiger partial charge in [0.05, 0.1) is 16.6 Å². The van der Waals surface area contributed by atoms with E-state index in [0.717, 1.165) is 12.0 Å². The fourth-order valence-corrected chi connectivity index (χ4v) is 2.72. The van der Waals surface area contributed by atoms with Gasteiger partial charge in [-0.3, -0.25) is 4.79 Å². The van der Waals surface area contributed by atoms with E-state index in [2.05, 4.69) is 15.9 Å². The van der Waals surface area contributed by atoms with Gasteiger partial charge < -0.3 is 4.74 Å². The van der Waals surface area contributed by atoms with Crippen molar-refractivity contribution in [1.82, 2.24) is 0 Å². The molecule has 102 valence electrons. The first kappa shape index (κ1) is 13.6. The van der Waals surface area contributed by atoms with Gasteiger partial charge in [0.15, 0.2) is 5.78 Å². The minimum absolute atomic E-state index is 0.269. The van der Waals surface area contributed by atoms with Crippen LogP contribution in [-0.2, 0) is 6.42 Å². The lowest BCUT2D eigenvalue weighted by Crippen LogP contribution is -2.04. The van der Waals surface area contributed by atoms with Crippen LogP contribution in [-0.4, -0.2) is 12.4 Å². The molecule has 0 bridgehead atoms. The van der Waals surface area contributed by atoms with Crippen LogP contribution in [0.1, 0.15) is 21.5 Å².